The maximum Gasteiger partial charge on any atom is 0.0994 e. The first-order chi connectivity index (χ1) is 9.66. The van der Waals surface area contributed by atoms with E-state index in [9.17, 15) is 0 Å². The normalized spacial score (nSPS) is 19.2. The molecule has 3 rings (SSSR count). The first kappa shape index (κ1) is 13.8. The van der Waals surface area contributed by atoms with Crippen molar-refractivity contribution in [1.82, 2.24) is 14.9 Å². The summed E-state index contributed by atoms with van der Waals surface area (Å²) in [5.74, 6) is 0. The van der Waals surface area contributed by atoms with Crippen LogP contribution in [0.3, 0.4) is 0 Å². The molecule has 1 unspecified atom stereocenters. The number of aryl methyl sites for hydroxylation is 2. The number of benzene rings is 1. The van der Waals surface area contributed by atoms with Crippen molar-refractivity contribution in [2.24, 2.45) is 0 Å². The van der Waals surface area contributed by atoms with Crippen molar-refractivity contribution in [3.05, 3.63) is 46.0 Å². The van der Waals surface area contributed by atoms with Crippen LogP contribution in [0, 0.1) is 13.8 Å². The summed E-state index contributed by atoms with van der Waals surface area (Å²) in [6.07, 6.45) is 7.69. The highest BCUT2D eigenvalue weighted by Gasteiger charge is 2.19. The fourth-order valence-electron chi connectivity index (χ4n) is 2.95. The average Bonchev–Trinajstić information content (AvgIpc) is 2.94. The van der Waals surface area contributed by atoms with Crippen LogP contribution in [0.5, 0.6) is 0 Å². The van der Waals surface area contributed by atoms with Gasteiger partial charge in [-0.25, -0.2) is 4.98 Å². The van der Waals surface area contributed by atoms with Crippen molar-refractivity contribution in [3.63, 3.8) is 0 Å². The molecule has 0 bridgehead atoms. The van der Waals surface area contributed by atoms with E-state index in [1.54, 1.807) is 0 Å². The molecule has 1 aromatic carbocycles. The van der Waals surface area contributed by atoms with Gasteiger partial charge in [0.05, 0.1) is 18.2 Å². The van der Waals surface area contributed by atoms with Crippen molar-refractivity contribution in [1.29, 1.82) is 0 Å². The molecule has 1 fully saturated rings. The fraction of sp³-hybridized carbons (Fsp3) is 0.438. The highest BCUT2D eigenvalue weighted by Crippen LogP contribution is 2.28. The molecule has 1 N–H and O–H groups in total. The Morgan fingerprint density at radius 1 is 1.25 bits per heavy atom. The van der Waals surface area contributed by atoms with E-state index in [-0.39, 0.29) is 0 Å². The van der Waals surface area contributed by atoms with E-state index in [0.29, 0.717) is 6.04 Å². The Hall–Kier alpha value is -1.13. The molecule has 1 atom stereocenters. The van der Waals surface area contributed by atoms with Crippen LogP contribution in [0.4, 0.5) is 0 Å². The Morgan fingerprint density at radius 3 is 2.65 bits per heavy atom. The third-order valence-electron chi connectivity index (χ3n) is 4.03. The summed E-state index contributed by atoms with van der Waals surface area (Å²) in [6, 6.07) is 4.85. The molecular formula is C16H20BrN3. The number of piperidine rings is 1. The third-order valence-corrected chi connectivity index (χ3v) is 5.28. The highest BCUT2D eigenvalue weighted by molar-refractivity contribution is 9.10. The molecule has 1 saturated heterocycles. The number of aromatic nitrogens is 2. The quantitative estimate of drug-likeness (QED) is 0.897. The summed E-state index contributed by atoms with van der Waals surface area (Å²) in [4.78, 5) is 4.37. The SMILES string of the molecule is Cc1cc(-n2cncc2C2CCCCN2)cc(C)c1Br. The summed E-state index contributed by atoms with van der Waals surface area (Å²) in [6.45, 7) is 5.38. The van der Waals surface area contributed by atoms with E-state index in [0.717, 1.165) is 6.54 Å². The minimum atomic E-state index is 0.426. The van der Waals surface area contributed by atoms with Gasteiger partial charge in [-0.2, -0.15) is 0 Å². The van der Waals surface area contributed by atoms with E-state index in [1.807, 2.05) is 12.5 Å². The maximum atomic E-state index is 4.37. The number of hydrogen-bond acceptors (Lipinski definition) is 2. The smallest absolute Gasteiger partial charge is 0.0994 e. The van der Waals surface area contributed by atoms with Gasteiger partial charge in [-0.05, 0) is 56.5 Å². The molecule has 0 saturated carbocycles. The lowest BCUT2D eigenvalue weighted by atomic mass is 10.0. The first-order valence-electron chi connectivity index (χ1n) is 7.19. The monoisotopic (exact) mass is 333 g/mol. The number of halogens is 1. The predicted octanol–water partition coefficient (Wildman–Crippen LogP) is 4.07. The molecule has 0 amide bonds. The van der Waals surface area contributed by atoms with Crippen molar-refractivity contribution in [2.75, 3.05) is 6.54 Å². The number of hydrogen-bond donors (Lipinski definition) is 1. The minimum Gasteiger partial charge on any atom is -0.309 e. The van der Waals surface area contributed by atoms with Crippen LogP contribution in [0.15, 0.2) is 29.1 Å². The van der Waals surface area contributed by atoms with Gasteiger partial charge in [0.2, 0.25) is 0 Å². The second kappa shape index (κ2) is 5.70. The summed E-state index contributed by atoms with van der Waals surface area (Å²) in [7, 11) is 0. The van der Waals surface area contributed by atoms with Crippen LogP contribution in [0.1, 0.15) is 42.1 Å². The molecule has 4 heteroatoms. The van der Waals surface area contributed by atoms with Crippen LogP contribution in [-0.2, 0) is 0 Å². The number of rotatable bonds is 2. The molecule has 0 aliphatic carbocycles. The van der Waals surface area contributed by atoms with Crippen LogP contribution < -0.4 is 5.32 Å². The number of nitrogens with zero attached hydrogens (tertiary/aromatic N) is 2. The molecule has 0 spiro atoms. The summed E-state index contributed by atoms with van der Waals surface area (Å²) < 4.78 is 3.41. The van der Waals surface area contributed by atoms with E-state index in [2.05, 4.69) is 56.8 Å². The molecule has 0 radical (unpaired) electrons. The van der Waals surface area contributed by atoms with Crippen LogP contribution in [0.25, 0.3) is 5.69 Å². The van der Waals surface area contributed by atoms with E-state index < -0.39 is 0 Å². The predicted molar refractivity (Wildman–Crippen MR) is 85.3 cm³/mol. The number of nitrogens with one attached hydrogen (secondary N) is 1. The van der Waals surface area contributed by atoms with Crippen LogP contribution >= 0.6 is 15.9 Å². The van der Waals surface area contributed by atoms with Crippen molar-refractivity contribution >= 4 is 15.9 Å². The molecule has 1 aliphatic rings. The largest absolute Gasteiger partial charge is 0.309 e. The van der Waals surface area contributed by atoms with Gasteiger partial charge in [-0.3, -0.25) is 0 Å². The molecule has 2 heterocycles. The standard InChI is InChI=1S/C16H20BrN3/c1-11-7-13(8-12(2)16(11)17)20-10-18-9-15(20)14-5-3-4-6-19-14/h7-10,14,19H,3-6H2,1-2H3. The second-order valence-electron chi connectivity index (χ2n) is 5.58. The zero-order valence-electron chi connectivity index (χ0n) is 12.0. The van der Waals surface area contributed by atoms with E-state index in [4.69, 9.17) is 0 Å². The highest BCUT2D eigenvalue weighted by atomic mass is 79.9. The third kappa shape index (κ3) is 2.54. The molecule has 2 aromatic rings. The van der Waals surface area contributed by atoms with Gasteiger partial charge in [0, 0.05) is 16.2 Å². The Labute approximate surface area is 128 Å². The Morgan fingerprint density at radius 2 is 2.00 bits per heavy atom. The molecule has 1 aliphatic heterocycles. The van der Waals surface area contributed by atoms with Gasteiger partial charge in [-0.15, -0.1) is 0 Å². The zero-order chi connectivity index (χ0) is 14.1. The van der Waals surface area contributed by atoms with Gasteiger partial charge < -0.3 is 9.88 Å². The summed E-state index contributed by atoms with van der Waals surface area (Å²) in [5, 5.41) is 3.60. The molecule has 3 nitrogen and oxygen atoms in total. The topological polar surface area (TPSA) is 29.9 Å². The van der Waals surface area contributed by atoms with Gasteiger partial charge in [0.15, 0.2) is 0 Å². The minimum absolute atomic E-state index is 0.426. The van der Waals surface area contributed by atoms with Gasteiger partial charge in [0.1, 0.15) is 0 Å². The number of imidazole rings is 1. The summed E-state index contributed by atoms with van der Waals surface area (Å²) >= 11 is 3.63. The lowest BCUT2D eigenvalue weighted by Gasteiger charge is -2.24. The van der Waals surface area contributed by atoms with Gasteiger partial charge in [0.25, 0.3) is 0 Å². The average molecular weight is 334 g/mol. The first-order valence-corrected chi connectivity index (χ1v) is 7.99. The van der Waals surface area contributed by atoms with Gasteiger partial charge >= 0.3 is 0 Å². The van der Waals surface area contributed by atoms with Crippen LogP contribution in [-0.4, -0.2) is 16.1 Å². The van der Waals surface area contributed by atoms with Crippen molar-refractivity contribution in [3.8, 4) is 5.69 Å². The van der Waals surface area contributed by atoms with E-state index in [1.165, 1.54) is 46.2 Å². The Balaban J connectivity index is 2.00. The molecule has 1 aromatic heterocycles. The van der Waals surface area contributed by atoms with Crippen molar-refractivity contribution < 1.29 is 0 Å². The summed E-state index contributed by atoms with van der Waals surface area (Å²) in [5.41, 5.74) is 4.99. The fourth-order valence-corrected chi connectivity index (χ4v) is 3.17. The Kier molecular flexibility index (Phi) is 3.94. The maximum absolute atomic E-state index is 4.37. The molecule has 20 heavy (non-hydrogen) atoms. The second-order valence-corrected chi connectivity index (χ2v) is 6.38. The molecular weight excluding hydrogens is 314 g/mol. The lowest BCUT2D eigenvalue weighted by molar-refractivity contribution is 0.402. The van der Waals surface area contributed by atoms with Crippen LogP contribution in [0.2, 0.25) is 0 Å². The van der Waals surface area contributed by atoms with Gasteiger partial charge in [-0.1, -0.05) is 22.4 Å². The zero-order valence-corrected chi connectivity index (χ0v) is 13.6. The molecule has 106 valence electrons. The van der Waals surface area contributed by atoms with E-state index >= 15 is 0 Å². The Bertz CT molecular complexity index is 589. The van der Waals surface area contributed by atoms with Crippen molar-refractivity contribution in [2.45, 2.75) is 39.2 Å². The lowest BCUT2D eigenvalue weighted by Crippen LogP contribution is -2.28.